The van der Waals surface area contributed by atoms with Crippen LogP contribution in [0.25, 0.3) is 6.08 Å². The summed E-state index contributed by atoms with van der Waals surface area (Å²) in [7, 11) is -0.305. The maximum Gasteiger partial charge on any atom is 0.482 e. The summed E-state index contributed by atoms with van der Waals surface area (Å²) in [6.45, 7) is 15.0. The zero-order valence-electron chi connectivity index (χ0n) is 23.7. The molecule has 0 spiro atoms. The minimum Gasteiger partial charge on any atom is -0.437 e. The molecule has 0 aromatic carbocycles. The molecule has 0 amide bonds. The minimum absolute atomic E-state index is 0.180. The lowest BCUT2D eigenvalue weighted by Crippen LogP contribution is -2.25. The van der Waals surface area contributed by atoms with Crippen LogP contribution in [0.5, 0.6) is 0 Å². The predicted octanol–water partition coefficient (Wildman–Crippen LogP) is 5.31. The van der Waals surface area contributed by atoms with E-state index in [-0.39, 0.29) is 6.73 Å². The van der Waals surface area contributed by atoms with E-state index in [1.807, 2.05) is 39.4 Å². The lowest BCUT2D eigenvalue weighted by atomic mass is 9.98. The van der Waals surface area contributed by atoms with E-state index in [0.717, 1.165) is 29.8 Å². The van der Waals surface area contributed by atoms with Crippen LogP contribution >= 0.6 is 7.82 Å². The Morgan fingerprint density at radius 1 is 1.00 bits per heavy atom. The van der Waals surface area contributed by atoms with Crippen LogP contribution in [0.1, 0.15) is 58.4 Å². The number of hydrogen-bond acceptors (Lipinski definition) is 9. The summed E-state index contributed by atoms with van der Waals surface area (Å²) < 4.78 is 41.3. The van der Waals surface area contributed by atoms with Gasteiger partial charge in [-0.15, -0.1) is 0 Å². The Morgan fingerprint density at radius 2 is 1.51 bits per heavy atom. The van der Waals surface area contributed by atoms with E-state index in [4.69, 9.17) is 23.0 Å². The van der Waals surface area contributed by atoms with Crippen molar-refractivity contribution in [2.75, 3.05) is 34.2 Å². The Balaban J connectivity index is 3.06. The molecule has 0 bridgehead atoms. The molecule has 10 nitrogen and oxygen atoms in total. The molecule has 1 aromatic rings. The number of carbonyl (C=O) groups excluding carboxylic acids is 2. The average molecular weight is 543 g/mol. The second kappa shape index (κ2) is 14.1. The molecular formula is C26H43N2O8P. The number of esters is 2. The maximum absolute atomic E-state index is 13.3. The Labute approximate surface area is 221 Å². The summed E-state index contributed by atoms with van der Waals surface area (Å²) in [5.41, 5.74) is 1.38. The molecule has 11 heteroatoms. The fraction of sp³-hybridized carbons (Fsp3) is 0.615. The predicted molar refractivity (Wildman–Crippen MR) is 142 cm³/mol. The van der Waals surface area contributed by atoms with Gasteiger partial charge in [-0.3, -0.25) is 14.1 Å². The molecule has 1 rings (SSSR count). The van der Waals surface area contributed by atoms with E-state index in [1.54, 1.807) is 52.2 Å². The quantitative estimate of drug-likeness (QED) is 0.134. The highest BCUT2D eigenvalue weighted by molar-refractivity contribution is 7.48. The number of hydrogen-bond donors (Lipinski definition) is 0. The number of phosphoric acid groups is 1. The molecule has 0 aliphatic rings. The molecule has 0 saturated carbocycles. The van der Waals surface area contributed by atoms with E-state index in [0.29, 0.717) is 0 Å². The van der Waals surface area contributed by atoms with Crippen molar-refractivity contribution in [2.45, 2.75) is 61.6 Å². The summed E-state index contributed by atoms with van der Waals surface area (Å²) in [4.78, 5) is 26.2. The molecule has 0 unspecified atom stereocenters. The summed E-state index contributed by atoms with van der Waals surface area (Å²) >= 11 is 0. The molecule has 0 atom stereocenters. The van der Waals surface area contributed by atoms with Gasteiger partial charge in [0.1, 0.15) is 6.73 Å². The third-order valence-corrected chi connectivity index (χ3v) is 6.36. The second-order valence-electron chi connectivity index (χ2n) is 10.8. The van der Waals surface area contributed by atoms with Crippen molar-refractivity contribution in [1.82, 2.24) is 9.47 Å². The monoisotopic (exact) mass is 542 g/mol. The Kier molecular flexibility index (Phi) is 12.5. The molecule has 0 N–H and O–H groups in total. The van der Waals surface area contributed by atoms with Crippen LogP contribution in [-0.2, 0) is 50.4 Å². The summed E-state index contributed by atoms with van der Waals surface area (Å²) in [5.74, 6) is -1.10. The highest BCUT2D eigenvalue weighted by Crippen LogP contribution is 2.50. The van der Waals surface area contributed by atoms with Crippen molar-refractivity contribution in [3.8, 4) is 0 Å². The fourth-order valence-corrected chi connectivity index (χ4v) is 3.63. The zero-order valence-corrected chi connectivity index (χ0v) is 24.6. The molecule has 0 fully saturated rings. The molecule has 210 valence electrons. The second-order valence-corrected chi connectivity index (χ2v) is 12.5. The van der Waals surface area contributed by atoms with Crippen LogP contribution in [0.4, 0.5) is 0 Å². The molecular weight excluding hydrogens is 499 g/mol. The molecule has 0 aliphatic heterocycles. The van der Waals surface area contributed by atoms with Crippen LogP contribution < -0.4 is 0 Å². The first-order valence-electron chi connectivity index (χ1n) is 12.0. The highest BCUT2D eigenvalue weighted by atomic mass is 31.2. The van der Waals surface area contributed by atoms with Gasteiger partial charge in [0.25, 0.3) is 0 Å². The van der Waals surface area contributed by atoms with Gasteiger partial charge in [-0.05, 0) is 80.1 Å². The lowest BCUT2D eigenvalue weighted by molar-refractivity contribution is -0.163. The van der Waals surface area contributed by atoms with E-state index in [2.05, 4.69) is 11.5 Å². The van der Waals surface area contributed by atoms with Gasteiger partial charge in [-0.1, -0.05) is 24.8 Å². The first-order chi connectivity index (χ1) is 17.0. The smallest absolute Gasteiger partial charge is 0.437 e. The van der Waals surface area contributed by atoms with Crippen molar-refractivity contribution in [3.63, 3.8) is 0 Å². The first kappa shape index (κ1) is 32.8. The first-order valence-corrected chi connectivity index (χ1v) is 13.5. The van der Waals surface area contributed by atoms with Gasteiger partial charge in [-0.25, -0.2) is 13.6 Å². The van der Waals surface area contributed by atoms with Gasteiger partial charge in [0, 0.05) is 18.4 Å². The molecule has 37 heavy (non-hydrogen) atoms. The number of allylic oxidation sites excluding steroid dienone is 2. The number of aromatic nitrogens is 1. The standard InChI is InChI=1S/C26H43N2O8P/c1-11-12-13-22-20(2)28(16-21(22)14-15-27(9)10)17-34-37(31,35-18-32-23(29)25(3,4)5)36-19-33-24(30)26(6,7)8/h11-13,16H,1,14-15,17-19H2,2-10H3/b13-12-. The van der Waals surface area contributed by atoms with Crippen LogP contribution in [0.15, 0.2) is 24.9 Å². The van der Waals surface area contributed by atoms with Gasteiger partial charge < -0.3 is 18.9 Å². The van der Waals surface area contributed by atoms with Gasteiger partial charge in [0.15, 0.2) is 0 Å². The van der Waals surface area contributed by atoms with Crippen molar-refractivity contribution in [2.24, 2.45) is 10.8 Å². The van der Waals surface area contributed by atoms with E-state index < -0.39 is 44.2 Å². The van der Waals surface area contributed by atoms with E-state index in [9.17, 15) is 14.2 Å². The Bertz CT molecular complexity index is 963. The number of nitrogens with zero attached hydrogens (tertiary/aromatic N) is 2. The molecule has 1 heterocycles. The van der Waals surface area contributed by atoms with Gasteiger partial charge >= 0.3 is 19.8 Å². The summed E-state index contributed by atoms with van der Waals surface area (Å²) in [6.07, 6.45) is 8.18. The lowest BCUT2D eigenvalue weighted by Gasteiger charge is -2.21. The molecule has 0 saturated heterocycles. The number of carbonyl (C=O) groups is 2. The Hall–Kier alpha value is -2.23. The van der Waals surface area contributed by atoms with Crippen molar-refractivity contribution >= 4 is 25.8 Å². The fourth-order valence-electron chi connectivity index (χ4n) is 2.78. The number of phosphoric ester groups is 1. The highest BCUT2D eigenvalue weighted by Gasteiger charge is 2.32. The molecule has 0 radical (unpaired) electrons. The van der Waals surface area contributed by atoms with Crippen molar-refractivity contribution < 1.29 is 37.2 Å². The van der Waals surface area contributed by atoms with Crippen molar-refractivity contribution in [3.05, 3.63) is 41.7 Å². The zero-order chi connectivity index (χ0) is 28.4. The topological polar surface area (TPSA) is 106 Å². The van der Waals surface area contributed by atoms with Crippen molar-refractivity contribution in [1.29, 1.82) is 0 Å². The third-order valence-electron chi connectivity index (χ3n) is 5.09. The Morgan fingerprint density at radius 3 is 1.95 bits per heavy atom. The van der Waals surface area contributed by atoms with Crippen LogP contribution in [0.2, 0.25) is 0 Å². The van der Waals surface area contributed by atoms with E-state index >= 15 is 0 Å². The number of rotatable bonds is 14. The maximum atomic E-state index is 13.3. The van der Waals surface area contributed by atoms with Crippen LogP contribution in [0, 0.1) is 17.8 Å². The largest absolute Gasteiger partial charge is 0.482 e. The minimum atomic E-state index is -4.30. The van der Waals surface area contributed by atoms with Gasteiger partial charge in [0.2, 0.25) is 13.6 Å². The third kappa shape index (κ3) is 11.4. The normalized spacial score (nSPS) is 12.8. The molecule has 1 aromatic heterocycles. The van der Waals surface area contributed by atoms with E-state index in [1.165, 1.54) is 0 Å². The van der Waals surface area contributed by atoms with Crippen LogP contribution in [0.3, 0.4) is 0 Å². The van der Waals surface area contributed by atoms with Gasteiger partial charge in [-0.2, -0.15) is 0 Å². The number of ether oxygens (including phenoxy) is 2. The van der Waals surface area contributed by atoms with Crippen LogP contribution in [-0.4, -0.2) is 55.6 Å². The SMILES string of the molecule is C=C/C=C\c1c(CCN(C)C)cn(COP(=O)(OCOC(=O)C(C)(C)C)OCOC(=O)C(C)(C)C)c1C. The molecule has 0 aliphatic carbocycles. The van der Waals surface area contributed by atoms with Gasteiger partial charge in [0.05, 0.1) is 10.8 Å². The summed E-state index contributed by atoms with van der Waals surface area (Å²) in [6, 6.07) is 0. The number of likely N-dealkylation sites (N-methyl/N-ethyl adjacent to an activating group) is 1. The average Bonchev–Trinajstić information content (AvgIpc) is 3.07. The summed E-state index contributed by atoms with van der Waals surface area (Å²) in [5, 5.41) is 0.